The fraction of sp³-hybridized carbons (Fsp3) is 0.712. The van der Waals surface area contributed by atoms with Gasteiger partial charge >= 0.3 is 17.9 Å². The summed E-state index contributed by atoms with van der Waals surface area (Å²) in [6.45, 7) is 4.71. The molecule has 1 N–H and O–H groups in total. The van der Waals surface area contributed by atoms with Gasteiger partial charge < -0.3 is 28.5 Å². The second-order valence-corrected chi connectivity index (χ2v) is 21.3. The predicted octanol–water partition coefficient (Wildman–Crippen LogP) is 18.1. The summed E-state index contributed by atoms with van der Waals surface area (Å²) in [7, 11) is 5.95. The highest BCUT2D eigenvalue weighted by Gasteiger charge is 2.25. The van der Waals surface area contributed by atoms with E-state index in [0.29, 0.717) is 17.4 Å². The van der Waals surface area contributed by atoms with Crippen molar-refractivity contribution in [3.63, 3.8) is 0 Å². The largest absolute Gasteiger partial charge is 0.477 e. The Morgan fingerprint density at radius 1 is 0.413 bits per heavy atom. The third-order valence-corrected chi connectivity index (χ3v) is 12.8. The van der Waals surface area contributed by atoms with E-state index < -0.39 is 24.3 Å². The van der Waals surface area contributed by atoms with Crippen LogP contribution < -0.4 is 0 Å². The highest BCUT2D eigenvalue weighted by Crippen LogP contribution is 2.16. The van der Waals surface area contributed by atoms with E-state index in [1.54, 1.807) is 0 Å². The van der Waals surface area contributed by atoms with Crippen LogP contribution in [0.4, 0.5) is 0 Å². The van der Waals surface area contributed by atoms with Crippen molar-refractivity contribution in [2.45, 2.75) is 257 Å². The van der Waals surface area contributed by atoms with Crippen LogP contribution in [0.1, 0.15) is 245 Å². The minimum absolute atomic E-state index is 0.175. The minimum atomic E-state index is -1.53. The fourth-order valence-corrected chi connectivity index (χ4v) is 8.16. The van der Waals surface area contributed by atoms with Gasteiger partial charge in [0.15, 0.2) is 6.10 Å². The molecule has 0 saturated carbocycles. The number of ether oxygens (including phenoxy) is 4. The average Bonchev–Trinajstić information content (AvgIpc) is 3.38. The number of allylic oxidation sites excluding steroid dienone is 16. The van der Waals surface area contributed by atoms with Gasteiger partial charge in [-0.2, -0.15) is 0 Å². The van der Waals surface area contributed by atoms with Crippen molar-refractivity contribution in [1.29, 1.82) is 0 Å². The van der Waals surface area contributed by atoms with Crippen LogP contribution in [0.3, 0.4) is 0 Å². The van der Waals surface area contributed by atoms with E-state index >= 15 is 0 Å². The number of nitrogens with zero attached hydrogens (tertiary/aromatic N) is 1. The molecule has 0 aromatic carbocycles. The molecule has 0 aliphatic carbocycles. The maximum Gasteiger partial charge on any atom is 0.361 e. The Morgan fingerprint density at radius 2 is 0.760 bits per heavy atom. The third-order valence-electron chi connectivity index (χ3n) is 12.8. The van der Waals surface area contributed by atoms with Crippen molar-refractivity contribution in [2.75, 3.05) is 47.5 Å². The van der Waals surface area contributed by atoms with Crippen LogP contribution in [0, 0.1) is 0 Å². The summed E-state index contributed by atoms with van der Waals surface area (Å²) in [6, 6.07) is 0. The maximum atomic E-state index is 12.9. The standard InChI is InChI=1S/C66H113NO8/c1-6-8-10-12-14-16-18-20-22-24-26-28-29-30-31-32-33-34-35-37-38-40-42-44-46-48-50-52-54-56-63(68)73-60-62(61-74-66(65(70)71)72-59-58-67(3,4)5)75-64(69)57-55-53-51-49-47-45-43-41-39-36-27-25-23-21-19-17-15-13-11-9-7-2/h9,11,15,17-18,20-21,23-24,26-27,36,41,43,47,49,62,66H,6-8,10,12-14,16,19,22,25,28-35,37-40,42,44-46,48,50-61H2,1-5H3/p+1/b11-9-,17-15-,20-18-,23-21-,26-24-,36-27-,43-41-,49-47-. The second-order valence-electron chi connectivity index (χ2n) is 21.3. The zero-order chi connectivity index (χ0) is 54.8. The Hall–Kier alpha value is -3.79. The van der Waals surface area contributed by atoms with Crippen molar-refractivity contribution < 1.29 is 42.9 Å². The molecule has 0 spiro atoms. The predicted molar refractivity (Wildman–Crippen MR) is 318 cm³/mol. The van der Waals surface area contributed by atoms with E-state index in [4.69, 9.17) is 18.9 Å². The highest BCUT2D eigenvalue weighted by atomic mass is 16.7. The lowest BCUT2D eigenvalue weighted by molar-refractivity contribution is -0.870. The molecule has 0 aromatic rings. The van der Waals surface area contributed by atoms with Gasteiger partial charge in [0.2, 0.25) is 0 Å². The van der Waals surface area contributed by atoms with Crippen molar-refractivity contribution in [2.24, 2.45) is 0 Å². The van der Waals surface area contributed by atoms with Crippen LogP contribution in [0.5, 0.6) is 0 Å². The van der Waals surface area contributed by atoms with Gasteiger partial charge in [-0.05, 0) is 96.3 Å². The molecule has 9 heteroatoms. The summed E-state index contributed by atoms with van der Waals surface area (Å²) in [6.07, 6.45) is 73.6. The number of unbranched alkanes of at least 4 members (excludes halogenated alkanes) is 24. The summed E-state index contributed by atoms with van der Waals surface area (Å²) >= 11 is 0. The number of likely N-dealkylation sites (N-methyl/N-ethyl adjacent to an activating group) is 1. The highest BCUT2D eigenvalue weighted by molar-refractivity contribution is 5.71. The van der Waals surface area contributed by atoms with E-state index in [2.05, 4.69) is 111 Å². The SMILES string of the molecule is CC/C=C\C/C=C\C/C=C\C/C=C\C/C=C\C/C=C\CCCCC(=O)OC(COC(=O)CCCCCCCCCCCCCCCCCCC/C=C\C/C=C\CCCCCCC)COC(OCC[N+](C)(C)C)C(=O)O. The lowest BCUT2D eigenvalue weighted by atomic mass is 10.0. The van der Waals surface area contributed by atoms with Crippen molar-refractivity contribution >= 4 is 17.9 Å². The van der Waals surface area contributed by atoms with Gasteiger partial charge in [0.25, 0.3) is 6.29 Å². The molecule has 0 saturated heterocycles. The molecule has 0 radical (unpaired) electrons. The minimum Gasteiger partial charge on any atom is -0.477 e. The normalized spacial score (nSPS) is 13.5. The molecule has 0 fully saturated rings. The zero-order valence-electron chi connectivity index (χ0n) is 48.9. The molecule has 2 unspecified atom stereocenters. The van der Waals surface area contributed by atoms with E-state index in [1.165, 1.54) is 135 Å². The molecule has 0 amide bonds. The summed E-state index contributed by atoms with van der Waals surface area (Å²) in [5, 5.41) is 9.71. The quantitative estimate of drug-likeness (QED) is 0.0211. The number of aliphatic carboxylic acids is 1. The van der Waals surface area contributed by atoms with Gasteiger partial charge in [-0.25, -0.2) is 4.79 Å². The number of hydrogen-bond donors (Lipinski definition) is 1. The summed E-state index contributed by atoms with van der Waals surface area (Å²) in [5.74, 6) is -2.07. The topological polar surface area (TPSA) is 108 Å². The molecule has 430 valence electrons. The lowest BCUT2D eigenvalue weighted by Gasteiger charge is -2.25. The van der Waals surface area contributed by atoms with Crippen LogP contribution >= 0.6 is 0 Å². The Morgan fingerprint density at radius 3 is 1.16 bits per heavy atom. The van der Waals surface area contributed by atoms with Gasteiger partial charge in [0.05, 0.1) is 34.4 Å². The average molecular weight is 1050 g/mol. The first-order valence-electron chi connectivity index (χ1n) is 30.4. The molecule has 2 atom stereocenters. The number of carboxylic acid groups (broad SMARTS) is 1. The van der Waals surface area contributed by atoms with Crippen LogP contribution in [-0.4, -0.2) is 87.4 Å². The van der Waals surface area contributed by atoms with Gasteiger partial charge in [-0.15, -0.1) is 0 Å². The maximum absolute atomic E-state index is 12.9. The fourth-order valence-electron chi connectivity index (χ4n) is 8.16. The van der Waals surface area contributed by atoms with Gasteiger partial charge in [-0.3, -0.25) is 9.59 Å². The first-order chi connectivity index (χ1) is 36.6. The molecule has 0 rings (SSSR count). The van der Waals surface area contributed by atoms with E-state index in [0.717, 1.165) is 77.0 Å². The summed E-state index contributed by atoms with van der Waals surface area (Å²) in [4.78, 5) is 37.4. The first-order valence-corrected chi connectivity index (χ1v) is 30.4. The lowest BCUT2D eigenvalue weighted by Crippen LogP contribution is -2.40. The first kappa shape index (κ1) is 71.2. The Bertz CT molecular complexity index is 1550. The Balaban J connectivity index is 4.24. The summed E-state index contributed by atoms with van der Waals surface area (Å²) < 4.78 is 22.8. The monoisotopic (exact) mass is 1050 g/mol. The number of hydrogen-bond acceptors (Lipinski definition) is 7. The molecule has 0 bridgehead atoms. The summed E-state index contributed by atoms with van der Waals surface area (Å²) in [5.41, 5.74) is 0. The van der Waals surface area contributed by atoms with Gasteiger partial charge in [0, 0.05) is 12.8 Å². The molecule has 0 aromatic heterocycles. The van der Waals surface area contributed by atoms with Gasteiger partial charge in [0.1, 0.15) is 13.2 Å². The van der Waals surface area contributed by atoms with Crippen molar-refractivity contribution in [3.8, 4) is 0 Å². The number of carboxylic acids is 1. The number of quaternary nitrogens is 1. The third kappa shape index (κ3) is 57.7. The second kappa shape index (κ2) is 56.4. The van der Waals surface area contributed by atoms with Crippen molar-refractivity contribution in [3.05, 3.63) is 97.2 Å². The van der Waals surface area contributed by atoms with Crippen LogP contribution in [0.25, 0.3) is 0 Å². The zero-order valence-corrected chi connectivity index (χ0v) is 48.9. The molecule has 0 heterocycles. The number of carbonyl (C=O) groups excluding carboxylic acids is 2. The Kier molecular flexibility index (Phi) is 53.6. The smallest absolute Gasteiger partial charge is 0.361 e. The van der Waals surface area contributed by atoms with E-state index in [-0.39, 0.29) is 38.6 Å². The molecule has 0 aliphatic rings. The number of esters is 2. The van der Waals surface area contributed by atoms with Crippen LogP contribution in [0.15, 0.2) is 97.2 Å². The number of carbonyl (C=O) groups is 3. The molecular weight excluding hydrogens is 935 g/mol. The number of rotatable bonds is 55. The molecule has 75 heavy (non-hydrogen) atoms. The van der Waals surface area contributed by atoms with E-state index in [9.17, 15) is 19.5 Å². The van der Waals surface area contributed by atoms with Gasteiger partial charge in [-0.1, -0.05) is 233 Å². The van der Waals surface area contributed by atoms with Crippen LogP contribution in [0.2, 0.25) is 0 Å². The molecule has 0 aliphatic heterocycles. The van der Waals surface area contributed by atoms with Crippen LogP contribution in [-0.2, 0) is 33.3 Å². The van der Waals surface area contributed by atoms with E-state index in [1.807, 2.05) is 21.1 Å². The Labute approximate surface area is 461 Å². The van der Waals surface area contributed by atoms with Crippen molar-refractivity contribution in [1.82, 2.24) is 0 Å². The molecule has 9 nitrogen and oxygen atoms in total. The molecular formula is C66H114NO8+.